The van der Waals surface area contributed by atoms with Gasteiger partial charge in [-0.2, -0.15) is 0 Å². The molecule has 0 amide bonds. The lowest BCUT2D eigenvalue weighted by atomic mass is 9.72. The summed E-state index contributed by atoms with van der Waals surface area (Å²) in [5.41, 5.74) is 5.33. The van der Waals surface area contributed by atoms with Crippen molar-refractivity contribution in [2.24, 2.45) is 5.41 Å². The normalized spacial score (nSPS) is 17.7. The molecule has 0 N–H and O–H groups in total. The fraction of sp³-hybridized carbons (Fsp3) is 0.577. The molecule has 0 saturated carbocycles. The van der Waals surface area contributed by atoms with Crippen molar-refractivity contribution in [2.45, 2.75) is 67.7 Å². The Hall–Kier alpha value is -1.58. The molecule has 1 aliphatic carbocycles. The molecule has 0 heterocycles. The number of allylic oxidation sites excluding steroid dienone is 9. The second-order valence-corrected chi connectivity index (χ2v) is 8.62. The van der Waals surface area contributed by atoms with Gasteiger partial charge in [-0.1, -0.05) is 69.2 Å². The van der Waals surface area contributed by atoms with Crippen molar-refractivity contribution in [3.05, 3.63) is 58.7 Å². The Morgan fingerprint density at radius 3 is 2.40 bits per heavy atom. The maximum absolute atomic E-state index is 11.9. The number of likely N-dealkylation sites (N-methyl/N-ethyl adjacent to an activating group) is 1. The Morgan fingerprint density at radius 1 is 1.13 bits per heavy atom. The summed E-state index contributed by atoms with van der Waals surface area (Å²) in [5.74, 6) is -0.276. The van der Waals surface area contributed by atoms with Gasteiger partial charge in [0.15, 0.2) is 0 Å². The maximum Gasteiger partial charge on any atom is 0.331 e. The van der Waals surface area contributed by atoms with Gasteiger partial charge in [-0.05, 0) is 69.7 Å². The van der Waals surface area contributed by atoms with E-state index in [4.69, 9.17) is 4.74 Å². The van der Waals surface area contributed by atoms with Gasteiger partial charge in [0.2, 0.25) is 0 Å². The maximum atomic E-state index is 11.9. The van der Waals surface area contributed by atoms with E-state index in [0.29, 0.717) is 6.61 Å². The fourth-order valence-electron chi connectivity index (χ4n) is 3.72. The van der Waals surface area contributed by atoms with Gasteiger partial charge < -0.3 is 22.0 Å². The number of hydrogen-bond donors (Lipinski definition) is 0. The molecule has 0 aromatic heterocycles. The lowest BCUT2D eigenvalue weighted by molar-refractivity contribution is -0.138. The summed E-state index contributed by atoms with van der Waals surface area (Å²) in [6, 6.07) is 0. The van der Waals surface area contributed by atoms with Crippen LogP contribution in [0.3, 0.4) is 0 Å². The molecule has 30 heavy (non-hydrogen) atoms. The van der Waals surface area contributed by atoms with Crippen LogP contribution < -0.4 is 12.4 Å². The molecule has 0 radical (unpaired) electrons. The van der Waals surface area contributed by atoms with Gasteiger partial charge in [0, 0.05) is 12.6 Å². The van der Waals surface area contributed by atoms with E-state index >= 15 is 0 Å². The summed E-state index contributed by atoms with van der Waals surface area (Å²) in [5, 5.41) is 0. The largest absolute Gasteiger partial charge is 1.00 e. The Morgan fingerprint density at radius 2 is 1.80 bits per heavy atom. The highest BCUT2D eigenvalue weighted by Crippen LogP contribution is 2.40. The standard InChI is InChI=1S/C26H41NO2.ClH/c1-8-27(9-2)18-19-29-25(28)20-22(4)13-10-12-21(3)15-16-24-23(5)14-11-17-26(24,6)7;/h10,12-13,15-16,20H,8-9,11,14,17-19H2,1-7H3;1H/p-1/b13-10+,16-15+,21-12-,22-20-;. The first kappa shape index (κ1) is 28.4. The summed E-state index contributed by atoms with van der Waals surface area (Å²) >= 11 is 0. The highest BCUT2D eigenvalue weighted by Gasteiger charge is 2.26. The Bertz CT molecular complexity index is 692. The quantitative estimate of drug-likeness (QED) is 0.300. The summed E-state index contributed by atoms with van der Waals surface area (Å²) in [4.78, 5) is 14.1. The molecule has 1 aliphatic rings. The van der Waals surface area contributed by atoms with E-state index in [0.717, 1.165) is 25.2 Å². The third-order valence-electron chi connectivity index (χ3n) is 5.67. The van der Waals surface area contributed by atoms with Crippen LogP contribution in [0.2, 0.25) is 0 Å². The van der Waals surface area contributed by atoms with E-state index in [1.807, 2.05) is 19.1 Å². The summed E-state index contributed by atoms with van der Waals surface area (Å²) < 4.78 is 5.29. The van der Waals surface area contributed by atoms with Crippen molar-refractivity contribution in [3.63, 3.8) is 0 Å². The zero-order chi connectivity index (χ0) is 21.9. The number of carbonyl (C=O) groups is 1. The van der Waals surface area contributed by atoms with Crippen molar-refractivity contribution in [1.29, 1.82) is 0 Å². The van der Waals surface area contributed by atoms with Crippen LogP contribution in [0.5, 0.6) is 0 Å². The first-order valence-corrected chi connectivity index (χ1v) is 11.0. The van der Waals surface area contributed by atoms with E-state index in [9.17, 15) is 4.79 Å². The summed E-state index contributed by atoms with van der Waals surface area (Å²) in [6.07, 6.45) is 15.8. The van der Waals surface area contributed by atoms with Crippen molar-refractivity contribution in [1.82, 2.24) is 4.90 Å². The fourth-order valence-corrected chi connectivity index (χ4v) is 3.72. The molecule has 0 atom stereocenters. The third kappa shape index (κ3) is 10.4. The van der Waals surface area contributed by atoms with Gasteiger partial charge in [-0.25, -0.2) is 4.79 Å². The molecule has 0 unspecified atom stereocenters. The molecule has 0 aromatic carbocycles. The average Bonchev–Trinajstić information content (AvgIpc) is 2.64. The topological polar surface area (TPSA) is 29.5 Å². The monoisotopic (exact) mass is 434 g/mol. The second kappa shape index (κ2) is 14.4. The predicted octanol–water partition coefficient (Wildman–Crippen LogP) is 3.41. The SMILES string of the molecule is CCN(CC)CCOC(=O)\C=C(C)/C=C/C=C(C)\C=C\C1=C(C)CCCC1(C)C.[Cl-]. The Kier molecular flexibility index (Phi) is 13.7. The third-order valence-corrected chi connectivity index (χ3v) is 5.67. The second-order valence-electron chi connectivity index (χ2n) is 8.62. The van der Waals surface area contributed by atoms with E-state index in [-0.39, 0.29) is 23.8 Å². The number of halogens is 1. The van der Waals surface area contributed by atoms with E-state index < -0.39 is 0 Å². The highest BCUT2D eigenvalue weighted by atomic mass is 35.5. The van der Waals surface area contributed by atoms with Gasteiger partial charge in [0.05, 0.1) is 0 Å². The van der Waals surface area contributed by atoms with Crippen molar-refractivity contribution >= 4 is 5.97 Å². The Balaban J connectivity index is 0.00000841. The van der Waals surface area contributed by atoms with Crippen molar-refractivity contribution < 1.29 is 21.9 Å². The minimum atomic E-state index is -0.276. The van der Waals surface area contributed by atoms with Crippen LogP contribution >= 0.6 is 0 Å². The van der Waals surface area contributed by atoms with E-state index in [2.05, 4.69) is 64.7 Å². The number of rotatable bonds is 10. The lowest BCUT2D eigenvalue weighted by Crippen LogP contribution is -3.00. The number of nitrogens with zero attached hydrogens (tertiary/aromatic N) is 1. The molecule has 0 aromatic rings. The summed E-state index contributed by atoms with van der Waals surface area (Å²) in [6.45, 7) is 18.3. The van der Waals surface area contributed by atoms with Crippen LogP contribution in [0.1, 0.15) is 67.7 Å². The first-order chi connectivity index (χ1) is 13.7. The molecular formula is C26H41ClNO2-. The number of ether oxygens (including phenoxy) is 1. The van der Waals surface area contributed by atoms with E-state index in [1.54, 1.807) is 6.08 Å². The first-order valence-electron chi connectivity index (χ1n) is 11.0. The van der Waals surface area contributed by atoms with Gasteiger partial charge in [0.1, 0.15) is 6.61 Å². The van der Waals surface area contributed by atoms with Gasteiger partial charge in [-0.3, -0.25) is 0 Å². The highest BCUT2D eigenvalue weighted by molar-refractivity contribution is 5.83. The molecule has 170 valence electrons. The molecule has 0 fully saturated rings. The van der Waals surface area contributed by atoms with Crippen LogP contribution in [0, 0.1) is 5.41 Å². The average molecular weight is 435 g/mol. The lowest BCUT2D eigenvalue weighted by Gasteiger charge is -2.32. The predicted molar refractivity (Wildman–Crippen MR) is 125 cm³/mol. The van der Waals surface area contributed by atoms with Gasteiger partial charge in [-0.15, -0.1) is 0 Å². The zero-order valence-electron chi connectivity index (χ0n) is 20.1. The Labute approximate surface area is 191 Å². The van der Waals surface area contributed by atoms with Crippen LogP contribution in [0.15, 0.2) is 58.7 Å². The number of carbonyl (C=O) groups excluding carboxylic acids is 1. The molecule has 0 saturated heterocycles. The number of hydrogen-bond acceptors (Lipinski definition) is 3. The van der Waals surface area contributed by atoms with Crippen LogP contribution in [-0.2, 0) is 9.53 Å². The zero-order valence-corrected chi connectivity index (χ0v) is 20.8. The minimum absolute atomic E-state index is 0. The molecular weight excluding hydrogens is 394 g/mol. The molecule has 0 bridgehead atoms. The molecule has 0 spiro atoms. The van der Waals surface area contributed by atoms with Crippen molar-refractivity contribution in [2.75, 3.05) is 26.2 Å². The minimum Gasteiger partial charge on any atom is -1.00 e. The van der Waals surface area contributed by atoms with Crippen LogP contribution in [0.4, 0.5) is 0 Å². The number of esters is 1. The molecule has 4 heteroatoms. The van der Waals surface area contributed by atoms with Crippen LogP contribution in [-0.4, -0.2) is 37.1 Å². The van der Waals surface area contributed by atoms with Gasteiger partial charge >= 0.3 is 5.97 Å². The van der Waals surface area contributed by atoms with Crippen molar-refractivity contribution in [3.8, 4) is 0 Å². The molecule has 3 nitrogen and oxygen atoms in total. The van der Waals surface area contributed by atoms with Crippen LogP contribution in [0.25, 0.3) is 0 Å². The van der Waals surface area contributed by atoms with E-state index in [1.165, 1.54) is 36.0 Å². The molecule has 0 aliphatic heterocycles. The molecule has 1 rings (SSSR count). The smallest absolute Gasteiger partial charge is 0.331 e. The van der Waals surface area contributed by atoms with Gasteiger partial charge in [0.25, 0.3) is 0 Å². The summed E-state index contributed by atoms with van der Waals surface area (Å²) in [7, 11) is 0.